The van der Waals surface area contributed by atoms with Gasteiger partial charge in [-0.15, -0.1) is 0 Å². The van der Waals surface area contributed by atoms with E-state index in [0.29, 0.717) is 18.7 Å². The molecule has 1 fully saturated rings. The third-order valence-corrected chi connectivity index (χ3v) is 5.82. The van der Waals surface area contributed by atoms with E-state index >= 15 is 0 Å². The van der Waals surface area contributed by atoms with Crippen LogP contribution in [-0.4, -0.2) is 55.5 Å². The monoisotopic (exact) mass is 338 g/mol. The lowest BCUT2D eigenvalue weighted by atomic mass is 10.2. The predicted octanol–water partition coefficient (Wildman–Crippen LogP) is 1.38. The molecule has 0 unspecified atom stereocenters. The lowest BCUT2D eigenvalue weighted by molar-refractivity contribution is -0.135. The van der Waals surface area contributed by atoms with Crippen LogP contribution in [0.25, 0.3) is 0 Å². The molecule has 1 heterocycles. The number of sulfonamides is 1. The van der Waals surface area contributed by atoms with Crippen molar-refractivity contribution in [3.8, 4) is 0 Å². The molecule has 0 radical (unpaired) electrons. The molecule has 6 nitrogen and oxygen atoms in total. The van der Waals surface area contributed by atoms with Crippen LogP contribution in [0.2, 0.25) is 0 Å². The van der Waals surface area contributed by atoms with Crippen LogP contribution in [0.1, 0.15) is 31.1 Å². The van der Waals surface area contributed by atoms with Crippen molar-refractivity contribution in [1.29, 1.82) is 0 Å². The third kappa shape index (κ3) is 3.79. The van der Waals surface area contributed by atoms with E-state index in [4.69, 9.17) is 0 Å². The van der Waals surface area contributed by atoms with Gasteiger partial charge in [0.1, 0.15) is 0 Å². The molecule has 126 valence electrons. The zero-order valence-corrected chi connectivity index (χ0v) is 14.5. The Morgan fingerprint density at radius 1 is 1.09 bits per heavy atom. The second-order valence-corrected chi connectivity index (χ2v) is 7.91. The fraction of sp³-hybridized carbons (Fsp3) is 0.500. The fourth-order valence-corrected chi connectivity index (χ4v) is 4.01. The van der Waals surface area contributed by atoms with Gasteiger partial charge in [-0.3, -0.25) is 9.59 Å². The largest absolute Gasteiger partial charge is 0.340 e. The van der Waals surface area contributed by atoms with Gasteiger partial charge in [-0.2, -0.15) is 4.31 Å². The number of hydrogen-bond donors (Lipinski definition) is 0. The first kappa shape index (κ1) is 17.6. The predicted molar refractivity (Wildman–Crippen MR) is 86.6 cm³/mol. The maximum atomic E-state index is 12.7. The standard InChI is InChI=1S/C16H22N2O4S/c1-12(2)16(20)17-7-9-18(10-8-17)23(21,22)15-6-4-5-14(11-15)13(3)19/h4-6,11-12H,7-10H2,1-3H3. The second-order valence-electron chi connectivity index (χ2n) is 5.97. The summed E-state index contributed by atoms with van der Waals surface area (Å²) in [5.74, 6) is -0.222. The highest BCUT2D eigenvalue weighted by Crippen LogP contribution is 2.19. The average molecular weight is 338 g/mol. The Balaban J connectivity index is 2.15. The molecule has 0 saturated carbocycles. The highest BCUT2D eigenvalue weighted by atomic mass is 32.2. The Hall–Kier alpha value is -1.73. The molecular formula is C16H22N2O4S. The summed E-state index contributed by atoms with van der Waals surface area (Å²) in [4.78, 5) is 25.2. The van der Waals surface area contributed by atoms with E-state index in [0.717, 1.165) is 0 Å². The molecule has 2 rings (SSSR count). The number of carbonyl (C=O) groups excluding carboxylic acids is 2. The van der Waals surface area contributed by atoms with Crippen molar-refractivity contribution >= 4 is 21.7 Å². The van der Waals surface area contributed by atoms with Crippen LogP contribution in [-0.2, 0) is 14.8 Å². The van der Waals surface area contributed by atoms with Crippen LogP contribution in [0.5, 0.6) is 0 Å². The Bertz CT molecular complexity index is 705. The Labute approximate surface area is 137 Å². The van der Waals surface area contributed by atoms with Gasteiger partial charge in [0, 0.05) is 37.7 Å². The van der Waals surface area contributed by atoms with Gasteiger partial charge in [0.2, 0.25) is 15.9 Å². The Morgan fingerprint density at radius 2 is 1.70 bits per heavy atom. The summed E-state index contributed by atoms with van der Waals surface area (Å²) < 4.78 is 26.7. The lowest BCUT2D eigenvalue weighted by Crippen LogP contribution is -2.51. The number of piperazine rings is 1. The lowest BCUT2D eigenvalue weighted by Gasteiger charge is -2.34. The summed E-state index contributed by atoms with van der Waals surface area (Å²) in [6.07, 6.45) is 0. The zero-order chi connectivity index (χ0) is 17.2. The molecule has 0 atom stereocenters. The molecule has 1 aliphatic heterocycles. The molecule has 1 aliphatic rings. The van der Waals surface area contributed by atoms with Crippen LogP contribution in [0, 0.1) is 5.92 Å². The first-order valence-corrected chi connectivity index (χ1v) is 9.07. The topological polar surface area (TPSA) is 74.8 Å². The van der Waals surface area contributed by atoms with Crippen molar-refractivity contribution in [3.05, 3.63) is 29.8 Å². The van der Waals surface area contributed by atoms with Gasteiger partial charge in [-0.1, -0.05) is 26.0 Å². The van der Waals surface area contributed by atoms with E-state index < -0.39 is 10.0 Å². The minimum absolute atomic E-state index is 0.0422. The summed E-state index contributed by atoms with van der Waals surface area (Å²) >= 11 is 0. The van der Waals surface area contributed by atoms with Gasteiger partial charge < -0.3 is 4.90 Å². The maximum absolute atomic E-state index is 12.7. The Kier molecular flexibility index (Phi) is 5.21. The number of carbonyl (C=O) groups is 2. The van der Waals surface area contributed by atoms with Gasteiger partial charge in [0.05, 0.1) is 4.90 Å². The van der Waals surface area contributed by atoms with E-state index in [-0.39, 0.29) is 35.6 Å². The van der Waals surface area contributed by atoms with E-state index in [1.54, 1.807) is 17.0 Å². The summed E-state index contributed by atoms with van der Waals surface area (Å²) in [5.41, 5.74) is 0.375. The highest BCUT2D eigenvalue weighted by molar-refractivity contribution is 7.89. The van der Waals surface area contributed by atoms with Gasteiger partial charge in [0.15, 0.2) is 5.78 Å². The van der Waals surface area contributed by atoms with Crippen molar-refractivity contribution in [3.63, 3.8) is 0 Å². The first-order chi connectivity index (χ1) is 10.7. The third-order valence-electron chi connectivity index (χ3n) is 3.92. The molecule has 0 spiro atoms. The summed E-state index contributed by atoms with van der Waals surface area (Å²) in [6.45, 7) is 6.39. The molecule has 1 aromatic carbocycles. The number of hydrogen-bond acceptors (Lipinski definition) is 4. The quantitative estimate of drug-likeness (QED) is 0.777. The van der Waals surface area contributed by atoms with Crippen LogP contribution < -0.4 is 0 Å². The van der Waals surface area contributed by atoms with Crippen molar-refractivity contribution in [1.82, 2.24) is 9.21 Å². The van der Waals surface area contributed by atoms with Crippen molar-refractivity contribution in [2.24, 2.45) is 5.92 Å². The van der Waals surface area contributed by atoms with E-state index in [1.807, 2.05) is 13.8 Å². The molecule has 1 aromatic rings. The van der Waals surface area contributed by atoms with Gasteiger partial charge in [-0.05, 0) is 19.1 Å². The highest BCUT2D eigenvalue weighted by Gasteiger charge is 2.30. The van der Waals surface area contributed by atoms with Crippen LogP contribution in [0.15, 0.2) is 29.2 Å². The molecule has 0 bridgehead atoms. The number of amides is 1. The van der Waals surface area contributed by atoms with Gasteiger partial charge in [0.25, 0.3) is 0 Å². The van der Waals surface area contributed by atoms with E-state index in [2.05, 4.69) is 0 Å². The smallest absolute Gasteiger partial charge is 0.243 e. The normalized spacial score (nSPS) is 16.6. The average Bonchev–Trinajstić information content (AvgIpc) is 2.54. The van der Waals surface area contributed by atoms with Crippen molar-refractivity contribution in [2.75, 3.05) is 26.2 Å². The number of rotatable bonds is 4. The van der Waals surface area contributed by atoms with E-state index in [9.17, 15) is 18.0 Å². The number of ketones is 1. The zero-order valence-electron chi connectivity index (χ0n) is 13.7. The van der Waals surface area contributed by atoms with Crippen LogP contribution in [0.4, 0.5) is 0 Å². The molecule has 23 heavy (non-hydrogen) atoms. The maximum Gasteiger partial charge on any atom is 0.243 e. The molecule has 0 aromatic heterocycles. The van der Waals surface area contributed by atoms with Crippen LogP contribution in [0.3, 0.4) is 0 Å². The molecule has 1 saturated heterocycles. The van der Waals surface area contributed by atoms with Crippen molar-refractivity contribution in [2.45, 2.75) is 25.7 Å². The van der Waals surface area contributed by atoms with Gasteiger partial charge >= 0.3 is 0 Å². The molecule has 7 heteroatoms. The summed E-state index contributed by atoms with van der Waals surface area (Å²) in [5, 5.41) is 0. The number of nitrogens with zero attached hydrogens (tertiary/aromatic N) is 2. The molecule has 0 N–H and O–H groups in total. The fourth-order valence-electron chi connectivity index (χ4n) is 2.54. The minimum Gasteiger partial charge on any atom is -0.340 e. The number of Topliss-reactive ketones (excluding diaryl/α,β-unsaturated/α-hetero) is 1. The van der Waals surface area contributed by atoms with Crippen LogP contribution >= 0.6 is 0 Å². The molecule has 0 aliphatic carbocycles. The molecule has 1 amide bonds. The second kappa shape index (κ2) is 6.80. The van der Waals surface area contributed by atoms with Gasteiger partial charge in [-0.25, -0.2) is 8.42 Å². The van der Waals surface area contributed by atoms with E-state index in [1.165, 1.54) is 23.4 Å². The van der Waals surface area contributed by atoms with Crippen molar-refractivity contribution < 1.29 is 18.0 Å². The summed E-state index contributed by atoms with van der Waals surface area (Å²) in [7, 11) is -3.64. The molecular weight excluding hydrogens is 316 g/mol. The SMILES string of the molecule is CC(=O)c1cccc(S(=O)(=O)N2CCN(C(=O)C(C)C)CC2)c1. The number of benzene rings is 1. The minimum atomic E-state index is -3.64. The Morgan fingerprint density at radius 3 is 2.22 bits per heavy atom. The summed E-state index contributed by atoms with van der Waals surface area (Å²) in [6, 6.07) is 6.07. The first-order valence-electron chi connectivity index (χ1n) is 7.63.